The largest absolute Gasteiger partial charge is 0.352 e. The average molecular weight is 295 g/mol. The van der Waals surface area contributed by atoms with E-state index >= 15 is 0 Å². The second-order valence-electron chi connectivity index (χ2n) is 4.21. The summed E-state index contributed by atoms with van der Waals surface area (Å²) in [5, 5.41) is 10.1. The highest BCUT2D eigenvalue weighted by Gasteiger charge is 2.04. The number of hydrogen-bond acceptors (Lipinski definition) is 3. The molecule has 1 heterocycles. The van der Waals surface area contributed by atoms with Crippen LogP contribution >= 0.6 is 12.4 Å². The number of halogens is 1. The number of amides is 1. The maximum Gasteiger partial charge on any atom is 0.251 e. The highest BCUT2D eigenvalue weighted by Crippen LogP contribution is 2.08. The Morgan fingerprint density at radius 3 is 2.60 bits per heavy atom. The van der Waals surface area contributed by atoms with Crippen LogP contribution in [0.1, 0.15) is 16.8 Å². The lowest BCUT2D eigenvalue weighted by Gasteiger charge is -2.06. The minimum absolute atomic E-state index is 0. The fourth-order valence-electron chi connectivity index (χ4n) is 1.76. The van der Waals surface area contributed by atoms with Gasteiger partial charge in [-0.1, -0.05) is 0 Å². The molecule has 0 bridgehead atoms. The van der Waals surface area contributed by atoms with Crippen molar-refractivity contribution in [1.82, 2.24) is 20.4 Å². The van der Waals surface area contributed by atoms with E-state index in [1.54, 1.807) is 10.9 Å². The Kier molecular flexibility index (Phi) is 6.76. The molecule has 6 heteroatoms. The Labute approximate surface area is 124 Å². The normalized spacial score (nSPS) is 9.85. The van der Waals surface area contributed by atoms with Crippen molar-refractivity contribution in [2.45, 2.75) is 6.42 Å². The van der Waals surface area contributed by atoms with Crippen molar-refractivity contribution in [2.24, 2.45) is 0 Å². The monoisotopic (exact) mass is 294 g/mol. The van der Waals surface area contributed by atoms with Crippen molar-refractivity contribution in [3.05, 3.63) is 48.3 Å². The van der Waals surface area contributed by atoms with Gasteiger partial charge in [-0.25, -0.2) is 4.68 Å². The molecule has 20 heavy (non-hydrogen) atoms. The van der Waals surface area contributed by atoms with Gasteiger partial charge in [0.05, 0.1) is 5.69 Å². The smallest absolute Gasteiger partial charge is 0.251 e. The summed E-state index contributed by atoms with van der Waals surface area (Å²) in [6.45, 7) is 1.58. The first kappa shape index (κ1) is 16.2. The van der Waals surface area contributed by atoms with Crippen LogP contribution in [0.2, 0.25) is 0 Å². The fourth-order valence-corrected chi connectivity index (χ4v) is 1.76. The minimum Gasteiger partial charge on any atom is -0.352 e. The van der Waals surface area contributed by atoms with Crippen molar-refractivity contribution >= 4 is 18.3 Å². The van der Waals surface area contributed by atoms with Crippen LogP contribution in [0.15, 0.2) is 42.7 Å². The van der Waals surface area contributed by atoms with Gasteiger partial charge in [-0.3, -0.25) is 4.79 Å². The summed E-state index contributed by atoms with van der Waals surface area (Å²) in [4.78, 5) is 11.9. The molecule has 0 aliphatic heterocycles. The molecule has 0 radical (unpaired) electrons. The van der Waals surface area contributed by atoms with Crippen LogP contribution in [-0.2, 0) is 0 Å². The number of carbonyl (C=O) groups excluding carboxylic acids is 1. The molecular formula is C14H19ClN4O. The summed E-state index contributed by atoms with van der Waals surface area (Å²) in [6, 6.07) is 9.25. The van der Waals surface area contributed by atoms with Crippen LogP contribution in [-0.4, -0.2) is 35.8 Å². The van der Waals surface area contributed by atoms with E-state index in [9.17, 15) is 4.79 Å². The zero-order valence-corrected chi connectivity index (χ0v) is 12.2. The summed E-state index contributed by atoms with van der Waals surface area (Å²) < 4.78 is 1.76. The Morgan fingerprint density at radius 1 is 1.25 bits per heavy atom. The third kappa shape index (κ3) is 4.36. The third-order valence-corrected chi connectivity index (χ3v) is 2.79. The molecule has 0 unspecified atom stereocenters. The predicted octanol–water partition coefficient (Wildman–Crippen LogP) is 1.63. The summed E-state index contributed by atoms with van der Waals surface area (Å²) in [7, 11) is 1.90. The van der Waals surface area contributed by atoms with E-state index in [1.807, 2.05) is 43.6 Å². The standard InChI is InChI=1S/C14H18N4O.ClH/c1-15-8-2-9-16-14(19)12-4-6-13(7-5-12)18-11-3-10-17-18;/h3-7,10-11,15H,2,8-9H2,1H3,(H,16,19);1H. The number of aromatic nitrogens is 2. The molecule has 0 spiro atoms. The van der Waals surface area contributed by atoms with Crippen LogP contribution in [0, 0.1) is 0 Å². The van der Waals surface area contributed by atoms with Gasteiger partial charge in [0, 0.05) is 24.5 Å². The molecule has 0 saturated heterocycles. The van der Waals surface area contributed by atoms with Gasteiger partial charge in [0.2, 0.25) is 0 Å². The number of benzene rings is 1. The summed E-state index contributed by atoms with van der Waals surface area (Å²) in [6.07, 6.45) is 4.52. The molecule has 0 saturated carbocycles. The van der Waals surface area contributed by atoms with E-state index < -0.39 is 0 Å². The number of rotatable bonds is 6. The second-order valence-corrected chi connectivity index (χ2v) is 4.21. The lowest BCUT2D eigenvalue weighted by molar-refractivity contribution is 0.0953. The lowest BCUT2D eigenvalue weighted by Crippen LogP contribution is -2.26. The highest BCUT2D eigenvalue weighted by atomic mass is 35.5. The molecule has 0 aliphatic carbocycles. The van der Waals surface area contributed by atoms with Gasteiger partial charge in [0.1, 0.15) is 0 Å². The Balaban J connectivity index is 0.00000200. The highest BCUT2D eigenvalue weighted by molar-refractivity contribution is 5.94. The van der Waals surface area contributed by atoms with Gasteiger partial charge < -0.3 is 10.6 Å². The number of nitrogens with zero attached hydrogens (tertiary/aromatic N) is 2. The molecule has 2 aromatic rings. The Morgan fingerprint density at radius 2 is 2.00 bits per heavy atom. The van der Waals surface area contributed by atoms with E-state index in [4.69, 9.17) is 0 Å². The van der Waals surface area contributed by atoms with Crippen LogP contribution < -0.4 is 10.6 Å². The van der Waals surface area contributed by atoms with Crippen molar-refractivity contribution in [3.8, 4) is 5.69 Å². The topological polar surface area (TPSA) is 58.9 Å². The van der Waals surface area contributed by atoms with Gasteiger partial charge in [0.15, 0.2) is 0 Å². The summed E-state index contributed by atoms with van der Waals surface area (Å²) in [5.41, 5.74) is 1.61. The first-order chi connectivity index (χ1) is 9.31. The van der Waals surface area contributed by atoms with Crippen molar-refractivity contribution in [3.63, 3.8) is 0 Å². The van der Waals surface area contributed by atoms with Crippen molar-refractivity contribution < 1.29 is 4.79 Å². The van der Waals surface area contributed by atoms with E-state index in [0.717, 1.165) is 18.7 Å². The maximum atomic E-state index is 11.9. The molecule has 108 valence electrons. The van der Waals surface area contributed by atoms with Gasteiger partial charge >= 0.3 is 0 Å². The van der Waals surface area contributed by atoms with Gasteiger partial charge in [-0.15, -0.1) is 12.4 Å². The van der Waals surface area contributed by atoms with Crippen LogP contribution in [0.4, 0.5) is 0 Å². The molecule has 1 aromatic carbocycles. The van der Waals surface area contributed by atoms with Crippen LogP contribution in [0.25, 0.3) is 5.69 Å². The van der Waals surface area contributed by atoms with E-state index in [0.29, 0.717) is 12.1 Å². The maximum absolute atomic E-state index is 11.9. The van der Waals surface area contributed by atoms with E-state index in [1.165, 1.54) is 0 Å². The average Bonchev–Trinajstić information content (AvgIpc) is 2.98. The summed E-state index contributed by atoms with van der Waals surface area (Å²) in [5.74, 6) is -0.0388. The van der Waals surface area contributed by atoms with Crippen LogP contribution in [0.3, 0.4) is 0 Å². The lowest BCUT2D eigenvalue weighted by atomic mass is 10.2. The second kappa shape index (κ2) is 8.35. The predicted molar refractivity (Wildman–Crippen MR) is 81.7 cm³/mol. The third-order valence-electron chi connectivity index (χ3n) is 2.79. The van der Waals surface area contributed by atoms with Crippen LogP contribution in [0.5, 0.6) is 0 Å². The first-order valence-corrected chi connectivity index (χ1v) is 6.34. The molecule has 1 aromatic heterocycles. The molecule has 5 nitrogen and oxygen atoms in total. The zero-order valence-electron chi connectivity index (χ0n) is 11.4. The molecule has 0 atom stereocenters. The molecule has 2 rings (SSSR count). The zero-order chi connectivity index (χ0) is 13.5. The number of nitrogens with one attached hydrogen (secondary N) is 2. The Bertz CT molecular complexity index is 510. The molecule has 2 N–H and O–H groups in total. The Hall–Kier alpha value is -1.85. The van der Waals surface area contributed by atoms with Gasteiger partial charge in [-0.2, -0.15) is 5.10 Å². The molecule has 0 aliphatic rings. The number of carbonyl (C=O) groups is 1. The SMILES string of the molecule is CNCCCNC(=O)c1ccc(-n2cccn2)cc1.Cl. The van der Waals surface area contributed by atoms with E-state index in [2.05, 4.69) is 15.7 Å². The molecule has 1 amide bonds. The van der Waals surface area contributed by atoms with Gasteiger partial charge in [0.25, 0.3) is 5.91 Å². The quantitative estimate of drug-likeness (QED) is 0.796. The number of hydrogen-bond donors (Lipinski definition) is 2. The summed E-state index contributed by atoms with van der Waals surface area (Å²) >= 11 is 0. The molecular weight excluding hydrogens is 276 g/mol. The van der Waals surface area contributed by atoms with Gasteiger partial charge in [-0.05, 0) is 50.3 Å². The van der Waals surface area contributed by atoms with Crippen molar-refractivity contribution in [2.75, 3.05) is 20.1 Å². The minimum atomic E-state index is -0.0388. The van der Waals surface area contributed by atoms with Crippen molar-refractivity contribution in [1.29, 1.82) is 0 Å². The van der Waals surface area contributed by atoms with E-state index in [-0.39, 0.29) is 18.3 Å². The first-order valence-electron chi connectivity index (χ1n) is 6.34. The fraction of sp³-hybridized carbons (Fsp3) is 0.286. The molecule has 0 fully saturated rings.